The van der Waals surface area contributed by atoms with Crippen molar-refractivity contribution in [3.63, 3.8) is 0 Å². The summed E-state index contributed by atoms with van der Waals surface area (Å²) >= 11 is 1.56. The topological polar surface area (TPSA) is 86.7 Å². The van der Waals surface area contributed by atoms with E-state index >= 15 is 0 Å². The fourth-order valence-corrected chi connectivity index (χ4v) is 4.88. The van der Waals surface area contributed by atoms with Crippen LogP contribution in [0.25, 0.3) is 11.1 Å². The van der Waals surface area contributed by atoms with Crippen LogP contribution in [0.1, 0.15) is 66.9 Å². The monoisotopic (exact) mass is 520 g/mol. The number of aryl methyl sites for hydroxylation is 2. The number of carbonyl (C=O) groups excluding carboxylic acids is 2. The number of amides is 2. The molecule has 2 aromatic rings. The minimum absolute atomic E-state index is 0. The molecule has 0 spiro atoms. The van der Waals surface area contributed by atoms with Gasteiger partial charge < -0.3 is 15.3 Å². The van der Waals surface area contributed by atoms with E-state index in [-0.39, 0.29) is 24.8 Å². The Balaban J connectivity index is 0.000000523. The van der Waals surface area contributed by atoms with Crippen LogP contribution in [0.4, 0.5) is 0 Å². The summed E-state index contributed by atoms with van der Waals surface area (Å²) in [5, 5.41) is 12.1. The second-order valence-corrected chi connectivity index (χ2v) is 10.2. The van der Waals surface area contributed by atoms with Gasteiger partial charge in [-0.05, 0) is 72.9 Å². The van der Waals surface area contributed by atoms with Crippen LogP contribution in [0, 0.1) is 6.92 Å². The van der Waals surface area contributed by atoms with Crippen LogP contribution in [-0.4, -0.2) is 78.3 Å². The van der Waals surface area contributed by atoms with Gasteiger partial charge in [-0.1, -0.05) is 62.6 Å². The van der Waals surface area contributed by atoms with Crippen molar-refractivity contribution in [3.8, 4) is 11.1 Å². The maximum absolute atomic E-state index is 12.8. The maximum atomic E-state index is 12.8. The van der Waals surface area contributed by atoms with Crippen molar-refractivity contribution in [1.82, 2.24) is 10.2 Å². The first-order chi connectivity index (χ1) is 17.3. The molecule has 1 aliphatic rings. The first-order valence-electron chi connectivity index (χ1n) is 12.7. The molecule has 37 heavy (non-hydrogen) atoms. The van der Waals surface area contributed by atoms with E-state index in [0.717, 1.165) is 35.1 Å². The minimum atomic E-state index is -1.00. The van der Waals surface area contributed by atoms with E-state index in [0.29, 0.717) is 23.8 Å². The number of nitrogens with zero attached hydrogens (tertiary/aromatic N) is 1. The van der Waals surface area contributed by atoms with Gasteiger partial charge in [-0.15, -0.1) is 0 Å². The molecule has 8 heteroatoms. The second-order valence-electron chi connectivity index (χ2n) is 9.26. The van der Waals surface area contributed by atoms with Crippen molar-refractivity contribution >= 4 is 48.9 Å². The zero-order valence-electron chi connectivity index (χ0n) is 22.0. The predicted octanol–water partition coefficient (Wildman–Crippen LogP) is 4.92. The molecule has 0 bridgehead atoms. The van der Waals surface area contributed by atoms with E-state index in [1.165, 1.54) is 32.1 Å². The van der Waals surface area contributed by atoms with Crippen LogP contribution < -0.4 is 5.32 Å². The Morgan fingerprint density at radius 1 is 1.14 bits per heavy atom. The molecule has 198 valence electrons. The molecule has 2 amide bonds. The molecular formula is C29H41LiN2O4S. The SMILES string of the molecule is CCc1ccc(C(=O)NC(CCSC)C(=O)O)c(-c2ccccc2C)c1.CN(C=O)C1CCCCC1.[LiH]. The summed E-state index contributed by atoms with van der Waals surface area (Å²) in [4.78, 5) is 36.4. The molecule has 0 heterocycles. The molecule has 2 aromatic carbocycles. The number of hydrogen-bond donors (Lipinski definition) is 2. The van der Waals surface area contributed by atoms with E-state index in [9.17, 15) is 19.5 Å². The predicted molar refractivity (Wildman–Crippen MR) is 156 cm³/mol. The van der Waals surface area contributed by atoms with Gasteiger partial charge in [0.15, 0.2) is 0 Å². The summed E-state index contributed by atoms with van der Waals surface area (Å²) in [5.41, 5.74) is 4.55. The Morgan fingerprint density at radius 2 is 1.81 bits per heavy atom. The Hall–Kier alpha value is -2.20. The molecule has 1 saturated carbocycles. The molecule has 1 atom stereocenters. The number of benzene rings is 2. The van der Waals surface area contributed by atoms with Gasteiger partial charge in [0.05, 0.1) is 0 Å². The first kappa shape index (κ1) is 32.8. The first-order valence-corrected chi connectivity index (χ1v) is 14.1. The quantitative estimate of drug-likeness (QED) is 0.343. The third-order valence-corrected chi connectivity index (χ3v) is 7.35. The van der Waals surface area contributed by atoms with E-state index in [1.54, 1.807) is 22.7 Å². The molecule has 1 aliphatic carbocycles. The number of hydrogen-bond acceptors (Lipinski definition) is 4. The van der Waals surface area contributed by atoms with E-state index < -0.39 is 12.0 Å². The van der Waals surface area contributed by atoms with Crippen LogP contribution in [-0.2, 0) is 16.0 Å². The molecule has 1 unspecified atom stereocenters. The number of carboxylic acid groups (broad SMARTS) is 1. The normalized spacial score (nSPS) is 13.8. The second kappa shape index (κ2) is 17.3. The van der Waals surface area contributed by atoms with Gasteiger partial charge >= 0.3 is 24.8 Å². The van der Waals surface area contributed by atoms with Gasteiger partial charge in [-0.25, -0.2) is 4.79 Å². The van der Waals surface area contributed by atoms with Gasteiger partial charge in [0.25, 0.3) is 5.91 Å². The number of rotatable bonds is 10. The van der Waals surface area contributed by atoms with Crippen LogP contribution in [0.5, 0.6) is 0 Å². The van der Waals surface area contributed by atoms with Gasteiger partial charge in [0.2, 0.25) is 6.41 Å². The number of carboxylic acids is 1. The molecule has 2 N–H and O–H groups in total. The van der Waals surface area contributed by atoms with Crippen LogP contribution in [0.3, 0.4) is 0 Å². The summed E-state index contributed by atoms with van der Waals surface area (Å²) < 4.78 is 0. The van der Waals surface area contributed by atoms with Crippen LogP contribution >= 0.6 is 11.8 Å². The van der Waals surface area contributed by atoms with Crippen molar-refractivity contribution in [2.24, 2.45) is 0 Å². The average molecular weight is 521 g/mol. The summed E-state index contributed by atoms with van der Waals surface area (Å²) in [6.07, 6.45) is 10.5. The Labute approximate surface area is 238 Å². The average Bonchev–Trinajstić information content (AvgIpc) is 2.91. The van der Waals surface area contributed by atoms with Crippen molar-refractivity contribution < 1.29 is 19.5 Å². The Bertz CT molecular complexity index is 1010. The molecule has 3 rings (SSSR count). The Kier molecular flexibility index (Phi) is 15.4. The third kappa shape index (κ3) is 10.2. The number of aliphatic carboxylic acids is 1. The van der Waals surface area contributed by atoms with Crippen molar-refractivity contribution in [2.75, 3.05) is 19.1 Å². The van der Waals surface area contributed by atoms with Gasteiger partial charge in [0.1, 0.15) is 6.04 Å². The van der Waals surface area contributed by atoms with Gasteiger partial charge in [0, 0.05) is 18.7 Å². The molecular weight excluding hydrogens is 479 g/mol. The molecule has 6 nitrogen and oxygen atoms in total. The van der Waals surface area contributed by atoms with Crippen molar-refractivity contribution in [1.29, 1.82) is 0 Å². The zero-order valence-corrected chi connectivity index (χ0v) is 22.8. The summed E-state index contributed by atoms with van der Waals surface area (Å²) in [5.74, 6) is -0.675. The van der Waals surface area contributed by atoms with Crippen LogP contribution in [0.2, 0.25) is 0 Å². The molecule has 0 saturated heterocycles. The van der Waals surface area contributed by atoms with Gasteiger partial charge in [-0.2, -0.15) is 11.8 Å². The summed E-state index contributed by atoms with van der Waals surface area (Å²) in [7, 11) is 1.88. The Morgan fingerprint density at radius 3 is 2.38 bits per heavy atom. The standard InChI is InChI=1S/C21H25NO3S.C8H15NO.Li.H/c1-4-15-9-10-17(18(13-15)16-8-6-5-7-14(16)2)20(23)22-19(21(24)25)11-12-26-3;1-9(7-10)8-5-3-2-4-6-8;;/h5-10,13,19H,4,11-12H2,1-3H3,(H,22,23)(H,24,25);7-8H,2-6H2,1H3;;. The zero-order chi connectivity index (χ0) is 26.5. The fourth-order valence-electron chi connectivity index (χ4n) is 4.41. The molecule has 0 aromatic heterocycles. The van der Waals surface area contributed by atoms with Crippen molar-refractivity contribution in [2.45, 2.75) is 70.9 Å². The molecule has 1 fully saturated rings. The van der Waals surface area contributed by atoms with Gasteiger partial charge in [-0.3, -0.25) is 9.59 Å². The fraction of sp³-hybridized carbons (Fsp3) is 0.483. The summed E-state index contributed by atoms with van der Waals surface area (Å²) in [6, 6.07) is 13.3. The molecule has 0 radical (unpaired) electrons. The molecule has 0 aliphatic heterocycles. The third-order valence-electron chi connectivity index (χ3n) is 6.70. The number of carbonyl (C=O) groups is 3. The van der Waals surface area contributed by atoms with E-state index in [2.05, 4.69) is 12.2 Å². The summed E-state index contributed by atoms with van der Waals surface area (Å²) in [6.45, 7) is 4.08. The number of nitrogens with one attached hydrogen (secondary N) is 1. The van der Waals surface area contributed by atoms with E-state index in [1.807, 2.05) is 56.6 Å². The van der Waals surface area contributed by atoms with Crippen LogP contribution in [0.15, 0.2) is 42.5 Å². The van der Waals surface area contributed by atoms with E-state index in [4.69, 9.17) is 0 Å². The van der Waals surface area contributed by atoms with Crippen molar-refractivity contribution in [3.05, 3.63) is 59.2 Å². The number of thioether (sulfide) groups is 1.